The average molecular weight is 388 g/mol. The van der Waals surface area contributed by atoms with Gasteiger partial charge in [-0.3, -0.25) is 0 Å². The van der Waals surface area contributed by atoms with Crippen LogP contribution in [0.2, 0.25) is 10.0 Å². The van der Waals surface area contributed by atoms with Crippen molar-refractivity contribution in [2.75, 3.05) is 14.1 Å². The third-order valence-corrected chi connectivity index (χ3v) is 5.80. The first-order valence-corrected chi connectivity index (χ1v) is 9.03. The largest absolute Gasteiger partial charge is 0.423 e. The van der Waals surface area contributed by atoms with Gasteiger partial charge < -0.3 is 4.74 Å². The standard InChI is InChI=1S/C16H15Cl2NO4S/c1-10-8-12(17)5-7-14(10)23-16(20)11-4-6-13(18)15(9-11)24(21,22)19(2)3/h4-9H,1-3H3. The van der Waals surface area contributed by atoms with Gasteiger partial charge in [-0.2, -0.15) is 0 Å². The van der Waals surface area contributed by atoms with Gasteiger partial charge in [-0.15, -0.1) is 0 Å². The van der Waals surface area contributed by atoms with Crippen LogP contribution in [0.4, 0.5) is 0 Å². The molecule has 0 unspecified atom stereocenters. The molecule has 0 atom stereocenters. The molecule has 0 amide bonds. The van der Waals surface area contributed by atoms with Crippen molar-refractivity contribution in [1.82, 2.24) is 4.31 Å². The zero-order chi connectivity index (χ0) is 18.1. The summed E-state index contributed by atoms with van der Waals surface area (Å²) >= 11 is 11.8. The van der Waals surface area contributed by atoms with E-state index in [1.165, 1.54) is 32.3 Å². The number of hydrogen-bond acceptors (Lipinski definition) is 4. The summed E-state index contributed by atoms with van der Waals surface area (Å²) in [6.07, 6.45) is 0. The third-order valence-electron chi connectivity index (χ3n) is 3.27. The number of rotatable bonds is 4. The summed E-state index contributed by atoms with van der Waals surface area (Å²) in [6, 6.07) is 8.79. The maximum atomic E-state index is 12.3. The lowest BCUT2D eigenvalue weighted by Crippen LogP contribution is -2.23. The summed E-state index contributed by atoms with van der Waals surface area (Å²) in [4.78, 5) is 12.1. The van der Waals surface area contributed by atoms with E-state index in [2.05, 4.69) is 0 Å². The Kier molecular flexibility index (Phi) is 5.55. The zero-order valence-electron chi connectivity index (χ0n) is 13.2. The molecule has 2 aromatic rings. The number of carbonyl (C=O) groups excluding carboxylic acids is 1. The van der Waals surface area contributed by atoms with Crippen molar-refractivity contribution in [2.24, 2.45) is 0 Å². The molecule has 0 aliphatic heterocycles. The molecule has 2 rings (SSSR count). The van der Waals surface area contributed by atoms with Gasteiger partial charge >= 0.3 is 5.97 Å². The van der Waals surface area contributed by atoms with E-state index in [1.54, 1.807) is 25.1 Å². The molecule has 0 heterocycles. The number of sulfonamides is 1. The lowest BCUT2D eigenvalue weighted by atomic mass is 10.2. The fraction of sp³-hybridized carbons (Fsp3) is 0.188. The Hall–Kier alpha value is -1.60. The monoisotopic (exact) mass is 387 g/mol. The Morgan fingerprint density at radius 2 is 1.75 bits per heavy atom. The van der Waals surface area contributed by atoms with Crippen LogP contribution in [-0.4, -0.2) is 32.8 Å². The first-order chi connectivity index (χ1) is 11.1. The number of nitrogens with zero attached hydrogens (tertiary/aromatic N) is 1. The molecule has 0 N–H and O–H groups in total. The molecule has 0 radical (unpaired) electrons. The summed E-state index contributed by atoms with van der Waals surface area (Å²) in [5, 5.41) is 0.557. The van der Waals surface area contributed by atoms with E-state index in [4.69, 9.17) is 27.9 Å². The minimum atomic E-state index is -3.77. The van der Waals surface area contributed by atoms with Gasteiger partial charge in [0.25, 0.3) is 0 Å². The fourth-order valence-corrected chi connectivity index (χ4v) is 3.53. The van der Waals surface area contributed by atoms with E-state index in [0.29, 0.717) is 16.3 Å². The Morgan fingerprint density at radius 1 is 1.08 bits per heavy atom. The topological polar surface area (TPSA) is 63.7 Å². The van der Waals surface area contributed by atoms with Crippen LogP contribution in [0.1, 0.15) is 15.9 Å². The second-order valence-electron chi connectivity index (χ2n) is 5.23. The molecule has 5 nitrogen and oxygen atoms in total. The van der Waals surface area contributed by atoms with Crippen LogP contribution in [0.25, 0.3) is 0 Å². The Bertz CT molecular complexity index is 895. The van der Waals surface area contributed by atoms with Crippen molar-refractivity contribution in [1.29, 1.82) is 0 Å². The smallest absolute Gasteiger partial charge is 0.343 e. The van der Waals surface area contributed by atoms with E-state index in [-0.39, 0.29) is 15.5 Å². The Labute approximate surface area is 150 Å². The molecular weight excluding hydrogens is 373 g/mol. The SMILES string of the molecule is Cc1cc(Cl)ccc1OC(=O)c1ccc(Cl)c(S(=O)(=O)N(C)C)c1. The quantitative estimate of drug-likeness (QED) is 0.591. The molecule has 0 aromatic heterocycles. The zero-order valence-corrected chi connectivity index (χ0v) is 15.5. The number of hydrogen-bond donors (Lipinski definition) is 0. The molecule has 8 heteroatoms. The van der Waals surface area contributed by atoms with Gasteiger partial charge in [0.1, 0.15) is 10.6 Å². The summed E-state index contributed by atoms with van der Waals surface area (Å²) in [6.45, 7) is 1.75. The molecule has 0 saturated carbocycles. The maximum absolute atomic E-state index is 12.3. The van der Waals surface area contributed by atoms with Crippen molar-refractivity contribution in [3.8, 4) is 5.75 Å². The highest BCUT2D eigenvalue weighted by Gasteiger charge is 2.23. The molecule has 0 saturated heterocycles. The van der Waals surface area contributed by atoms with E-state index in [9.17, 15) is 13.2 Å². The molecular formula is C16H15Cl2NO4S. The number of benzene rings is 2. The number of esters is 1. The average Bonchev–Trinajstić information content (AvgIpc) is 2.50. The first-order valence-electron chi connectivity index (χ1n) is 6.83. The van der Waals surface area contributed by atoms with Gasteiger partial charge in [0.15, 0.2) is 0 Å². The Morgan fingerprint density at radius 3 is 2.33 bits per heavy atom. The van der Waals surface area contributed by atoms with Gasteiger partial charge in [-0.1, -0.05) is 23.2 Å². The van der Waals surface area contributed by atoms with Crippen molar-refractivity contribution in [2.45, 2.75) is 11.8 Å². The summed E-state index contributed by atoms with van der Waals surface area (Å²) < 4.78 is 30.8. The second kappa shape index (κ2) is 7.11. The molecule has 2 aromatic carbocycles. The van der Waals surface area contributed by atoms with Gasteiger partial charge in [-0.05, 0) is 48.9 Å². The number of ether oxygens (including phenoxy) is 1. The van der Waals surface area contributed by atoms with Gasteiger partial charge in [-0.25, -0.2) is 17.5 Å². The summed E-state index contributed by atoms with van der Waals surface area (Å²) in [7, 11) is -1.01. The highest BCUT2D eigenvalue weighted by atomic mass is 35.5. The minimum absolute atomic E-state index is 0.0305. The molecule has 0 bridgehead atoms. The van der Waals surface area contributed by atoms with Crippen LogP contribution in [-0.2, 0) is 10.0 Å². The third kappa shape index (κ3) is 3.89. The Balaban J connectivity index is 2.37. The maximum Gasteiger partial charge on any atom is 0.343 e. The summed E-state index contributed by atoms with van der Waals surface area (Å²) in [5.41, 5.74) is 0.764. The highest BCUT2D eigenvalue weighted by Crippen LogP contribution is 2.27. The lowest BCUT2D eigenvalue weighted by Gasteiger charge is -2.14. The first kappa shape index (κ1) is 18.7. The van der Waals surface area contributed by atoms with Gasteiger partial charge in [0.05, 0.1) is 10.6 Å². The van der Waals surface area contributed by atoms with E-state index in [1.807, 2.05) is 0 Å². The van der Waals surface area contributed by atoms with E-state index in [0.717, 1.165) is 4.31 Å². The molecule has 0 fully saturated rings. The lowest BCUT2D eigenvalue weighted by molar-refractivity contribution is 0.0733. The fourth-order valence-electron chi connectivity index (χ4n) is 1.91. The highest BCUT2D eigenvalue weighted by molar-refractivity contribution is 7.89. The predicted octanol–water partition coefficient (Wildman–Crippen LogP) is 3.77. The van der Waals surface area contributed by atoms with Gasteiger partial charge in [0.2, 0.25) is 10.0 Å². The molecule has 0 aliphatic carbocycles. The van der Waals surface area contributed by atoms with Crippen molar-refractivity contribution in [3.05, 3.63) is 57.6 Å². The van der Waals surface area contributed by atoms with E-state index < -0.39 is 16.0 Å². The minimum Gasteiger partial charge on any atom is -0.423 e. The van der Waals surface area contributed by atoms with Gasteiger partial charge in [0, 0.05) is 19.1 Å². The normalized spacial score (nSPS) is 11.6. The summed E-state index contributed by atoms with van der Waals surface area (Å²) in [5.74, 6) is -0.344. The molecule has 128 valence electrons. The van der Waals surface area contributed by atoms with Crippen molar-refractivity contribution >= 4 is 39.2 Å². The molecule has 24 heavy (non-hydrogen) atoms. The van der Waals surface area contributed by atoms with E-state index >= 15 is 0 Å². The van der Waals surface area contributed by atoms with Crippen LogP contribution in [0.5, 0.6) is 5.75 Å². The number of halogens is 2. The van der Waals surface area contributed by atoms with Crippen LogP contribution >= 0.6 is 23.2 Å². The number of carbonyl (C=O) groups is 1. The molecule has 0 spiro atoms. The predicted molar refractivity (Wildman–Crippen MR) is 93.5 cm³/mol. The van der Waals surface area contributed by atoms with Crippen molar-refractivity contribution in [3.63, 3.8) is 0 Å². The number of aryl methyl sites for hydroxylation is 1. The van der Waals surface area contributed by atoms with Crippen LogP contribution in [0.15, 0.2) is 41.3 Å². The molecule has 0 aliphatic rings. The van der Waals surface area contributed by atoms with Crippen LogP contribution < -0.4 is 4.74 Å². The van der Waals surface area contributed by atoms with Crippen LogP contribution in [0, 0.1) is 6.92 Å². The second-order valence-corrected chi connectivity index (χ2v) is 8.20. The van der Waals surface area contributed by atoms with Crippen molar-refractivity contribution < 1.29 is 17.9 Å². The van der Waals surface area contributed by atoms with Crippen LogP contribution in [0.3, 0.4) is 0 Å².